The van der Waals surface area contributed by atoms with Gasteiger partial charge in [-0.2, -0.15) is 13.2 Å². The van der Waals surface area contributed by atoms with E-state index in [1.54, 1.807) is 18.2 Å². The first-order chi connectivity index (χ1) is 10.9. The quantitative estimate of drug-likeness (QED) is 0.762. The largest absolute Gasteiger partial charge is 0.417 e. The molecule has 0 spiro atoms. The number of fused-ring (bicyclic) bond motifs is 1. The Balaban J connectivity index is 2.15. The van der Waals surface area contributed by atoms with Gasteiger partial charge in [0, 0.05) is 47.2 Å². The standard InChI is InChI=1S/C16H12F3N3O/c17-16(18,19)11-3-10(7-21-8-11)9-1-2-14-13(4-9)15(23)5-12(6-20)22-14/h1-5,7-8H,6,20H2,(H,22,23). The van der Waals surface area contributed by atoms with Crippen molar-refractivity contribution in [1.82, 2.24) is 9.97 Å². The third-order valence-electron chi connectivity index (χ3n) is 3.50. The summed E-state index contributed by atoms with van der Waals surface area (Å²) in [5.74, 6) is 0. The molecule has 0 saturated carbocycles. The number of hydrogen-bond acceptors (Lipinski definition) is 3. The summed E-state index contributed by atoms with van der Waals surface area (Å²) in [6.45, 7) is 0.199. The van der Waals surface area contributed by atoms with Crippen molar-refractivity contribution in [3.05, 3.63) is 64.2 Å². The molecular weight excluding hydrogens is 307 g/mol. The molecule has 2 heterocycles. The smallest absolute Gasteiger partial charge is 0.357 e. The highest BCUT2D eigenvalue weighted by atomic mass is 19.4. The van der Waals surface area contributed by atoms with E-state index in [9.17, 15) is 18.0 Å². The zero-order valence-corrected chi connectivity index (χ0v) is 11.8. The molecule has 0 aliphatic rings. The maximum atomic E-state index is 12.8. The fourth-order valence-corrected chi connectivity index (χ4v) is 2.34. The number of halogens is 3. The van der Waals surface area contributed by atoms with Crippen LogP contribution in [0.15, 0.2) is 47.5 Å². The third kappa shape index (κ3) is 2.95. The predicted molar refractivity (Wildman–Crippen MR) is 80.7 cm³/mol. The van der Waals surface area contributed by atoms with E-state index in [2.05, 4.69) is 9.97 Å². The Labute approximate surface area is 128 Å². The lowest BCUT2D eigenvalue weighted by molar-refractivity contribution is -0.137. The van der Waals surface area contributed by atoms with Gasteiger partial charge in [-0.3, -0.25) is 9.78 Å². The monoisotopic (exact) mass is 319 g/mol. The molecule has 7 heteroatoms. The Morgan fingerprint density at radius 2 is 1.87 bits per heavy atom. The van der Waals surface area contributed by atoms with Gasteiger partial charge in [0.15, 0.2) is 5.43 Å². The number of H-pyrrole nitrogens is 1. The Bertz CT molecular complexity index is 932. The van der Waals surface area contributed by atoms with Crippen LogP contribution in [0.25, 0.3) is 22.0 Å². The van der Waals surface area contributed by atoms with Crippen LogP contribution in [-0.4, -0.2) is 9.97 Å². The average Bonchev–Trinajstić information content (AvgIpc) is 2.53. The zero-order valence-electron chi connectivity index (χ0n) is 11.8. The highest BCUT2D eigenvalue weighted by Crippen LogP contribution is 2.31. The first kappa shape index (κ1) is 15.2. The molecular formula is C16H12F3N3O. The van der Waals surface area contributed by atoms with Gasteiger partial charge in [0.05, 0.1) is 5.56 Å². The number of aromatic amines is 1. The second-order valence-corrected chi connectivity index (χ2v) is 5.08. The number of hydrogen-bond donors (Lipinski definition) is 2. The molecule has 0 radical (unpaired) electrons. The van der Waals surface area contributed by atoms with Crippen LogP contribution in [0.1, 0.15) is 11.3 Å². The van der Waals surface area contributed by atoms with Gasteiger partial charge >= 0.3 is 6.18 Å². The van der Waals surface area contributed by atoms with E-state index in [1.807, 2.05) is 0 Å². The molecule has 1 aromatic carbocycles. The Morgan fingerprint density at radius 3 is 2.57 bits per heavy atom. The lowest BCUT2D eigenvalue weighted by Crippen LogP contribution is -2.08. The van der Waals surface area contributed by atoms with Crippen LogP contribution in [0.2, 0.25) is 0 Å². The topological polar surface area (TPSA) is 71.8 Å². The minimum Gasteiger partial charge on any atom is -0.357 e. The molecule has 0 aliphatic carbocycles. The number of rotatable bonds is 2. The molecule has 0 bridgehead atoms. The second kappa shape index (κ2) is 5.51. The van der Waals surface area contributed by atoms with Crippen molar-refractivity contribution >= 4 is 10.9 Å². The molecule has 0 fully saturated rings. The van der Waals surface area contributed by atoms with Gasteiger partial charge < -0.3 is 10.7 Å². The molecule has 0 saturated heterocycles. The van der Waals surface area contributed by atoms with Crippen LogP contribution >= 0.6 is 0 Å². The van der Waals surface area contributed by atoms with Gasteiger partial charge in [0.1, 0.15) is 0 Å². The number of nitrogens with zero attached hydrogens (tertiary/aromatic N) is 1. The number of pyridine rings is 2. The highest BCUT2D eigenvalue weighted by molar-refractivity contribution is 5.84. The summed E-state index contributed by atoms with van der Waals surface area (Å²) in [5, 5.41) is 0.386. The number of nitrogens with one attached hydrogen (secondary N) is 1. The van der Waals surface area contributed by atoms with Crippen molar-refractivity contribution in [2.45, 2.75) is 12.7 Å². The molecule has 0 unspecified atom stereocenters. The molecule has 0 amide bonds. The van der Waals surface area contributed by atoms with Crippen molar-refractivity contribution in [2.24, 2.45) is 5.73 Å². The molecule has 4 nitrogen and oxygen atoms in total. The van der Waals surface area contributed by atoms with Crippen LogP contribution in [0, 0.1) is 0 Å². The van der Waals surface area contributed by atoms with Crippen molar-refractivity contribution in [2.75, 3.05) is 0 Å². The van der Waals surface area contributed by atoms with Crippen LogP contribution in [0.5, 0.6) is 0 Å². The first-order valence-corrected chi connectivity index (χ1v) is 6.77. The first-order valence-electron chi connectivity index (χ1n) is 6.77. The Morgan fingerprint density at radius 1 is 1.09 bits per heavy atom. The summed E-state index contributed by atoms with van der Waals surface area (Å²) < 4.78 is 38.3. The van der Waals surface area contributed by atoms with Crippen molar-refractivity contribution in [1.29, 1.82) is 0 Å². The minimum absolute atomic E-state index is 0.199. The number of benzene rings is 1. The predicted octanol–water partition coefficient (Wildman–Crippen LogP) is 3.07. The molecule has 3 N–H and O–H groups in total. The maximum Gasteiger partial charge on any atom is 0.417 e. The van der Waals surface area contributed by atoms with E-state index < -0.39 is 11.7 Å². The van der Waals surface area contributed by atoms with Gasteiger partial charge in [-0.1, -0.05) is 6.07 Å². The average molecular weight is 319 g/mol. The Hall–Kier alpha value is -2.67. The summed E-state index contributed by atoms with van der Waals surface area (Å²) in [6, 6.07) is 7.22. The number of alkyl halides is 3. The third-order valence-corrected chi connectivity index (χ3v) is 3.50. The lowest BCUT2D eigenvalue weighted by atomic mass is 10.0. The van der Waals surface area contributed by atoms with Crippen LogP contribution in [0.4, 0.5) is 13.2 Å². The molecule has 3 aromatic rings. The minimum atomic E-state index is -4.46. The van der Waals surface area contributed by atoms with Gasteiger partial charge in [-0.15, -0.1) is 0 Å². The number of aromatic nitrogens is 2. The summed E-state index contributed by atoms with van der Waals surface area (Å²) in [5.41, 5.74) is 6.40. The van der Waals surface area contributed by atoms with E-state index in [0.29, 0.717) is 27.7 Å². The van der Waals surface area contributed by atoms with Crippen LogP contribution < -0.4 is 11.2 Å². The fraction of sp³-hybridized carbons (Fsp3) is 0.125. The van der Waals surface area contributed by atoms with Crippen molar-refractivity contribution < 1.29 is 13.2 Å². The summed E-state index contributed by atoms with van der Waals surface area (Å²) in [4.78, 5) is 18.7. The molecule has 23 heavy (non-hydrogen) atoms. The zero-order chi connectivity index (χ0) is 16.6. The van der Waals surface area contributed by atoms with Crippen LogP contribution in [0.3, 0.4) is 0 Å². The molecule has 0 atom stereocenters. The summed E-state index contributed by atoms with van der Waals surface area (Å²) in [6.07, 6.45) is -2.36. The molecule has 0 aliphatic heterocycles. The lowest BCUT2D eigenvalue weighted by Gasteiger charge is -2.09. The van der Waals surface area contributed by atoms with E-state index in [1.165, 1.54) is 12.3 Å². The van der Waals surface area contributed by atoms with Gasteiger partial charge in [0.2, 0.25) is 0 Å². The summed E-state index contributed by atoms with van der Waals surface area (Å²) in [7, 11) is 0. The SMILES string of the molecule is NCc1cc(=O)c2cc(-c3cncc(C(F)(F)F)c3)ccc2[nH]1. The van der Waals surface area contributed by atoms with E-state index in [4.69, 9.17) is 5.73 Å². The maximum absolute atomic E-state index is 12.8. The summed E-state index contributed by atoms with van der Waals surface area (Å²) >= 11 is 0. The molecule has 2 aromatic heterocycles. The second-order valence-electron chi connectivity index (χ2n) is 5.08. The van der Waals surface area contributed by atoms with Crippen LogP contribution in [-0.2, 0) is 12.7 Å². The van der Waals surface area contributed by atoms with Gasteiger partial charge in [0.25, 0.3) is 0 Å². The highest BCUT2D eigenvalue weighted by Gasteiger charge is 2.31. The van der Waals surface area contributed by atoms with Gasteiger partial charge in [-0.05, 0) is 23.8 Å². The van der Waals surface area contributed by atoms with E-state index >= 15 is 0 Å². The van der Waals surface area contributed by atoms with Crippen molar-refractivity contribution in [3.8, 4) is 11.1 Å². The van der Waals surface area contributed by atoms with E-state index in [-0.39, 0.29) is 12.0 Å². The number of nitrogens with two attached hydrogens (primary N) is 1. The van der Waals surface area contributed by atoms with Crippen molar-refractivity contribution in [3.63, 3.8) is 0 Å². The fourth-order valence-electron chi connectivity index (χ4n) is 2.34. The molecule has 3 rings (SSSR count). The van der Waals surface area contributed by atoms with E-state index in [0.717, 1.165) is 12.3 Å². The normalized spacial score (nSPS) is 11.8. The molecule has 118 valence electrons. The Kier molecular flexibility index (Phi) is 3.65. The van der Waals surface area contributed by atoms with Gasteiger partial charge in [-0.25, -0.2) is 0 Å².